The summed E-state index contributed by atoms with van der Waals surface area (Å²) in [7, 11) is 0. The van der Waals surface area contributed by atoms with Crippen molar-refractivity contribution in [3.8, 4) is 11.4 Å². The van der Waals surface area contributed by atoms with Gasteiger partial charge in [0.05, 0.1) is 15.9 Å². The first kappa shape index (κ1) is 12.7. The lowest BCUT2D eigenvalue weighted by Crippen LogP contribution is -1.92. The molecule has 3 aromatic rings. The number of nitrogens with zero attached hydrogens (tertiary/aromatic N) is 2. The van der Waals surface area contributed by atoms with E-state index in [9.17, 15) is 0 Å². The summed E-state index contributed by atoms with van der Waals surface area (Å²) in [6, 6.07) is 12.8. The van der Waals surface area contributed by atoms with Gasteiger partial charge in [-0.1, -0.05) is 53.0 Å². The van der Waals surface area contributed by atoms with Crippen molar-refractivity contribution >= 4 is 45.7 Å². The van der Waals surface area contributed by atoms with Crippen LogP contribution in [0.3, 0.4) is 0 Å². The van der Waals surface area contributed by atoms with Crippen LogP contribution in [0.1, 0.15) is 0 Å². The molecule has 0 spiro atoms. The van der Waals surface area contributed by atoms with Crippen LogP contribution in [0.5, 0.6) is 0 Å². The maximum absolute atomic E-state index is 6.19. The van der Waals surface area contributed by atoms with E-state index in [0.29, 0.717) is 31.9 Å². The average molecular weight is 310 g/mol. The van der Waals surface area contributed by atoms with Crippen LogP contribution in [0.4, 0.5) is 0 Å². The first-order chi connectivity index (χ1) is 9.15. The molecular weight excluding hydrogens is 303 g/mol. The van der Waals surface area contributed by atoms with Crippen LogP contribution < -0.4 is 0 Å². The Bertz CT molecular complexity index is 772. The highest BCUT2D eigenvalue weighted by molar-refractivity contribution is 6.41. The Kier molecular flexibility index (Phi) is 3.31. The Morgan fingerprint density at radius 2 is 1.63 bits per heavy atom. The molecule has 0 saturated heterocycles. The Hall–Kier alpha value is -1.35. The Morgan fingerprint density at radius 3 is 2.42 bits per heavy atom. The van der Waals surface area contributed by atoms with Gasteiger partial charge in [-0.05, 0) is 24.3 Å². The molecule has 94 valence electrons. The monoisotopic (exact) mass is 308 g/mol. The third-order valence-corrected chi connectivity index (χ3v) is 3.53. The third-order valence-electron chi connectivity index (χ3n) is 2.71. The minimum absolute atomic E-state index is 0.338. The van der Waals surface area contributed by atoms with E-state index >= 15 is 0 Å². The highest BCUT2D eigenvalue weighted by Crippen LogP contribution is 2.30. The molecule has 0 aliphatic carbocycles. The fraction of sp³-hybridized carbons (Fsp3) is 0. The SMILES string of the molecule is Clc1cccc(-c2nc(Cl)c3c(Cl)cccc3n2)c1. The summed E-state index contributed by atoms with van der Waals surface area (Å²) < 4.78 is 0. The summed E-state index contributed by atoms with van der Waals surface area (Å²) in [6.07, 6.45) is 0. The van der Waals surface area contributed by atoms with Crippen LogP contribution in [-0.4, -0.2) is 9.97 Å². The second-order valence-electron chi connectivity index (χ2n) is 3.98. The molecule has 1 aromatic heterocycles. The van der Waals surface area contributed by atoms with Crippen molar-refractivity contribution in [2.24, 2.45) is 0 Å². The minimum atomic E-state index is 0.338. The normalized spacial score (nSPS) is 10.9. The van der Waals surface area contributed by atoms with E-state index in [-0.39, 0.29) is 0 Å². The van der Waals surface area contributed by atoms with Gasteiger partial charge >= 0.3 is 0 Å². The van der Waals surface area contributed by atoms with E-state index in [0.717, 1.165) is 5.56 Å². The summed E-state index contributed by atoms with van der Waals surface area (Å²) in [5.41, 5.74) is 1.53. The van der Waals surface area contributed by atoms with Crippen molar-refractivity contribution in [3.05, 3.63) is 57.7 Å². The fourth-order valence-electron chi connectivity index (χ4n) is 1.85. The number of benzene rings is 2. The molecule has 0 bridgehead atoms. The lowest BCUT2D eigenvalue weighted by Gasteiger charge is -2.06. The van der Waals surface area contributed by atoms with Gasteiger partial charge < -0.3 is 0 Å². The maximum Gasteiger partial charge on any atom is 0.161 e. The summed E-state index contributed by atoms with van der Waals surface area (Å²) in [5, 5.41) is 2.17. The largest absolute Gasteiger partial charge is 0.228 e. The van der Waals surface area contributed by atoms with Gasteiger partial charge in [0.25, 0.3) is 0 Å². The third kappa shape index (κ3) is 2.39. The second kappa shape index (κ2) is 4.97. The minimum Gasteiger partial charge on any atom is -0.228 e. The molecule has 2 aromatic carbocycles. The number of rotatable bonds is 1. The van der Waals surface area contributed by atoms with Crippen LogP contribution >= 0.6 is 34.8 Å². The number of hydrogen-bond donors (Lipinski definition) is 0. The maximum atomic E-state index is 6.19. The van der Waals surface area contributed by atoms with Crippen molar-refractivity contribution in [2.45, 2.75) is 0 Å². The molecule has 0 atom stereocenters. The van der Waals surface area contributed by atoms with E-state index in [2.05, 4.69) is 9.97 Å². The molecule has 0 fully saturated rings. The Morgan fingerprint density at radius 1 is 0.842 bits per heavy atom. The zero-order valence-corrected chi connectivity index (χ0v) is 11.8. The highest BCUT2D eigenvalue weighted by Gasteiger charge is 2.10. The summed E-state index contributed by atoms with van der Waals surface area (Å²) in [4.78, 5) is 8.75. The Labute approximate surface area is 125 Å². The van der Waals surface area contributed by atoms with Crippen LogP contribution in [0.25, 0.3) is 22.3 Å². The number of hydrogen-bond acceptors (Lipinski definition) is 2. The molecule has 0 aliphatic rings. The number of fused-ring (bicyclic) bond motifs is 1. The molecule has 0 unspecified atom stereocenters. The first-order valence-electron chi connectivity index (χ1n) is 5.53. The van der Waals surface area contributed by atoms with Gasteiger partial charge in [0.2, 0.25) is 0 Å². The van der Waals surface area contributed by atoms with E-state index in [1.165, 1.54) is 0 Å². The van der Waals surface area contributed by atoms with Gasteiger partial charge in [-0.2, -0.15) is 0 Å². The summed E-state index contributed by atoms with van der Waals surface area (Å²) in [6.45, 7) is 0. The molecule has 0 N–H and O–H groups in total. The van der Waals surface area contributed by atoms with Gasteiger partial charge in [-0.3, -0.25) is 0 Å². The quantitative estimate of drug-likeness (QED) is 0.573. The molecule has 0 radical (unpaired) electrons. The predicted octanol–water partition coefficient (Wildman–Crippen LogP) is 5.26. The van der Waals surface area contributed by atoms with E-state index in [4.69, 9.17) is 34.8 Å². The van der Waals surface area contributed by atoms with Gasteiger partial charge in [0, 0.05) is 10.6 Å². The first-order valence-corrected chi connectivity index (χ1v) is 6.66. The van der Waals surface area contributed by atoms with E-state index < -0.39 is 0 Å². The summed E-state index contributed by atoms with van der Waals surface area (Å²) in [5.74, 6) is 0.530. The van der Waals surface area contributed by atoms with Crippen molar-refractivity contribution < 1.29 is 0 Å². The molecule has 0 saturated carbocycles. The van der Waals surface area contributed by atoms with Crippen LogP contribution in [0, 0.1) is 0 Å². The molecule has 3 rings (SSSR count). The molecule has 5 heteroatoms. The lowest BCUT2D eigenvalue weighted by atomic mass is 10.2. The smallest absolute Gasteiger partial charge is 0.161 e. The van der Waals surface area contributed by atoms with Crippen molar-refractivity contribution in [1.29, 1.82) is 0 Å². The van der Waals surface area contributed by atoms with Crippen molar-refractivity contribution in [1.82, 2.24) is 9.97 Å². The van der Waals surface area contributed by atoms with Gasteiger partial charge in [-0.15, -0.1) is 0 Å². The zero-order chi connectivity index (χ0) is 13.4. The summed E-state index contributed by atoms with van der Waals surface area (Å²) >= 11 is 18.3. The van der Waals surface area contributed by atoms with Gasteiger partial charge in [0.15, 0.2) is 5.82 Å². The number of aromatic nitrogens is 2. The van der Waals surface area contributed by atoms with Crippen LogP contribution in [0.2, 0.25) is 15.2 Å². The molecule has 19 heavy (non-hydrogen) atoms. The molecular formula is C14H7Cl3N2. The van der Waals surface area contributed by atoms with Gasteiger partial charge in [-0.25, -0.2) is 9.97 Å². The van der Waals surface area contributed by atoms with E-state index in [1.54, 1.807) is 18.2 Å². The topological polar surface area (TPSA) is 25.8 Å². The Balaban J connectivity index is 2.27. The fourth-order valence-corrected chi connectivity index (χ4v) is 2.63. The highest BCUT2D eigenvalue weighted by atomic mass is 35.5. The van der Waals surface area contributed by atoms with Crippen molar-refractivity contribution in [3.63, 3.8) is 0 Å². The standard InChI is InChI=1S/C14H7Cl3N2/c15-9-4-1-3-8(7-9)14-18-11-6-2-5-10(16)12(11)13(17)19-14/h1-7H. The molecule has 0 amide bonds. The predicted molar refractivity (Wildman–Crippen MR) is 80.0 cm³/mol. The average Bonchev–Trinajstić information content (AvgIpc) is 2.38. The molecule has 0 aliphatic heterocycles. The van der Waals surface area contributed by atoms with E-state index in [1.807, 2.05) is 24.3 Å². The van der Waals surface area contributed by atoms with Crippen LogP contribution in [0.15, 0.2) is 42.5 Å². The lowest BCUT2D eigenvalue weighted by molar-refractivity contribution is 1.23. The van der Waals surface area contributed by atoms with Gasteiger partial charge in [0.1, 0.15) is 5.15 Å². The van der Waals surface area contributed by atoms with Crippen LogP contribution in [-0.2, 0) is 0 Å². The molecule has 1 heterocycles. The number of halogens is 3. The second-order valence-corrected chi connectivity index (χ2v) is 5.18. The van der Waals surface area contributed by atoms with Crippen molar-refractivity contribution in [2.75, 3.05) is 0 Å². The zero-order valence-electron chi connectivity index (χ0n) is 9.57. The molecule has 2 nitrogen and oxygen atoms in total.